The maximum absolute atomic E-state index is 12.3. The first-order valence-electron chi connectivity index (χ1n) is 7.37. The highest BCUT2D eigenvalue weighted by molar-refractivity contribution is 9.10. The number of halogens is 1. The zero-order valence-electron chi connectivity index (χ0n) is 12.4. The van der Waals surface area contributed by atoms with Gasteiger partial charge in [0, 0.05) is 22.9 Å². The van der Waals surface area contributed by atoms with Gasteiger partial charge in [-0.25, -0.2) is 9.78 Å². The van der Waals surface area contributed by atoms with Crippen LogP contribution in [0.4, 0.5) is 9.93 Å². The van der Waals surface area contributed by atoms with Gasteiger partial charge in [0.05, 0.1) is 5.69 Å². The van der Waals surface area contributed by atoms with Crippen LogP contribution < -0.4 is 5.32 Å². The molecular formula is C16H18BrN3OS. The van der Waals surface area contributed by atoms with E-state index in [1.54, 1.807) is 23.3 Å². The molecule has 0 radical (unpaired) electrons. The number of benzene rings is 1. The molecule has 0 spiro atoms. The van der Waals surface area contributed by atoms with Crippen molar-refractivity contribution in [1.29, 1.82) is 0 Å². The molecular weight excluding hydrogens is 362 g/mol. The van der Waals surface area contributed by atoms with Gasteiger partial charge in [-0.3, -0.25) is 5.32 Å². The van der Waals surface area contributed by atoms with Crippen molar-refractivity contribution in [2.75, 3.05) is 12.4 Å². The Balaban J connectivity index is 1.61. The third kappa shape index (κ3) is 3.67. The molecule has 0 aliphatic heterocycles. The van der Waals surface area contributed by atoms with Gasteiger partial charge in [0.15, 0.2) is 5.13 Å². The molecule has 0 atom stereocenters. The molecule has 116 valence electrons. The molecule has 1 aromatic carbocycles. The molecule has 3 rings (SSSR count). The highest BCUT2D eigenvalue weighted by Gasteiger charge is 2.17. The van der Waals surface area contributed by atoms with Crippen LogP contribution in [0.5, 0.6) is 0 Å². The van der Waals surface area contributed by atoms with E-state index in [-0.39, 0.29) is 6.03 Å². The van der Waals surface area contributed by atoms with Crippen molar-refractivity contribution >= 4 is 38.4 Å². The van der Waals surface area contributed by atoms with Crippen molar-refractivity contribution in [3.8, 4) is 0 Å². The van der Waals surface area contributed by atoms with Gasteiger partial charge in [-0.05, 0) is 43.4 Å². The summed E-state index contributed by atoms with van der Waals surface area (Å²) in [6.07, 6.45) is 4.56. The number of amides is 2. The van der Waals surface area contributed by atoms with Gasteiger partial charge in [0.2, 0.25) is 0 Å². The summed E-state index contributed by atoms with van der Waals surface area (Å²) in [5.74, 6) is 0. The van der Waals surface area contributed by atoms with E-state index >= 15 is 0 Å². The Labute approximate surface area is 142 Å². The quantitative estimate of drug-likeness (QED) is 0.855. The van der Waals surface area contributed by atoms with Crippen molar-refractivity contribution in [3.05, 3.63) is 44.9 Å². The highest BCUT2D eigenvalue weighted by atomic mass is 79.9. The molecule has 0 bridgehead atoms. The van der Waals surface area contributed by atoms with Crippen LogP contribution in [-0.2, 0) is 19.4 Å². The van der Waals surface area contributed by atoms with Gasteiger partial charge in [0.1, 0.15) is 0 Å². The number of hydrogen-bond acceptors (Lipinski definition) is 3. The number of fused-ring (bicyclic) bond motifs is 1. The number of aromatic nitrogens is 1. The summed E-state index contributed by atoms with van der Waals surface area (Å²) in [5.41, 5.74) is 2.27. The molecule has 0 saturated carbocycles. The second-order valence-corrected chi connectivity index (χ2v) is 7.51. The lowest BCUT2D eigenvalue weighted by Gasteiger charge is -2.17. The number of aryl methyl sites for hydroxylation is 2. The van der Waals surface area contributed by atoms with Gasteiger partial charge < -0.3 is 4.90 Å². The average Bonchev–Trinajstić information content (AvgIpc) is 2.91. The topological polar surface area (TPSA) is 45.2 Å². The zero-order valence-corrected chi connectivity index (χ0v) is 14.8. The molecule has 0 unspecified atom stereocenters. The third-order valence-corrected chi connectivity index (χ3v) is 5.34. The number of carbonyl (C=O) groups excluding carboxylic acids is 1. The number of nitrogens with zero attached hydrogens (tertiary/aromatic N) is 2. The Morgan fingerprint density at radius 2 is 2.05 bits per heavy atom. The molecule has 1 N–H and O–H groups in total. The van der Waals surface area contributed by atoms with Gasteiger partial charge >= 0.3 is 6.03 Å². The van der Waals surface area contributed by atoms with Gasteiger partial charge in [-0.15, -0.1) is 11.3 Å². The molecule has 1 aliphatic rings. The van der Waals surface area contributed by atoms with Crippen molar-refractivity contribution < 1.29 is 4.79 Å². The number of thiazole rings is 1. The van der Waals surface area contributed by atoms with Crippen LogP contribution >= 0.6 is 27.3 Å². The molecule has 0 fully saturated rings. The molecule has 6 heteroatoms. The van der Waals surface area contributed by atoms with Gasteiger partial charge in [-0.2, -0.15) is 0 Å². The number of carbonyl (C=O) groups is 1. The highest BCUT2D eigenvalue weighted by Crippen LogP contribution is 2.29. The van der Waals surface area contributed by atoms with Crippen molar-refractivity contribution in [3.63, 3.8) is 0 Å². The van der Waals surface area contributed by atoms with Crippen LogP contribution in [0.3, 0.4) is 0 Å². The van der Waals surface area contributed by atoms with Crippen LogP contribution in [0.25, 0.3) is 0 Å². The summed E-state index contributed by atoms with van der Waals surface area (Å²) in [6, 6.07) is 7.87. The molecule has 2 aromatic rings. The fourth-order valence-corrected chi connectivity index (χ4v) is 3.83. The minimum Gasteiger partial charge on any atom is -0.323 e. The Hall–Kier alpha value is -1.40. The van der Waals surface area contributed by atoms with Crippen LogP contribution in [0.1, 0.15) is 29.0 Å². The van der Waals surface area contributed by atoms with Gasteiger partial charge in [-0.1, -0.05) is 28.1 Å². The van der Waals surface area contributed by atoms with E-state index in [1.165, 1.54) is 23.4 Å². The Morgan fingerprint density at radius 3 is 2.77 bits per heavy atom. The normalized spacial score (nSPS) is 13.5. The number of urea groups is 1. The first-order chi connectivity index (χ1) is 10.6. The summed E-state index contributed by atoms with van der Waals surface area (Å²) < 4.78 is 1.04. The summed E-state index contributed by atoms with van der Waals surface area (Å²) in [6.45, 7) is 0.574. The van der Waals surface area contributed by atoms with E-state index in [9.17, 15) is 4.79 Å². The molecule has 2 amide bonds. The fraction of sp³-hybridized carbons (Fsp3) is 0.375. The van der Waals surface area contributed by atoms with E-state index < -0.39 is 0 Å². The summed E-state index contributed by atoms with van der Waals surface area (Å²) in [4.78, 5) is 19.8. The van der Waals surface area contributed by atoms with Gasteiger partial charge in [0.25, 0.3) is 0 Å². The maximum atomic E-state index is 12.3. The number of hydrogen-bond donors (Lipinski definition) is 1. The van der Waals surface area contributed by atoms with E-state index in [1.807, 2.05) is 24.3 Å². The van der Waals surface area contributed by atoms with Crippen LogP contribution in [0.2, 0.25) is 0 Å². The van der Waals surface area contributed by atoms with Crippen molar-refractivity contribution in [1.82, 2.24) is 9.88 Å². The SMILES string of the molecule is CN(Cc1ccc(Br)cc1)C(=O)Nc1nc2c(s1)CCCC2. The second-order valence-electron chi connectivity index (χ2n) is 5.51. The lowest BCUT2D eigenvalue weighted by molar-refractivity contribution is 0.220. The molecule has 4 nitrogen and oxygen atoms in total. The molecule has 1 aliphatic carbocycles. The summed E-state index contributed by atoms with van der Waals surface area (Å²) >= 11 is 5.03. The smallest absolute Gasteiger partial charge is 0.323 e. The zero-order chi connectivity index (χ0) is 15.5. The fourth-order valence-electron chi connectivity index (χ4n) is 2.53. The van der Waals surface area contributed by atoms with Crippen LogP contribution in [0, 0.1) is 0 Å². The molecule has 1 heterocycles. The number of anilines is 1. The lowest BCUT2D eigenvalue weighted by Crippen LogP contribution is -2.30. The van der Waals surface area contributed by atoms with E-state index in [0.717, 1.165) is 28.0 Å². The Morgan fingerprint density at radius 1 is 1.32 bits per heavy atom. The summed E-state index contributed by atoms with van der Waals surface area (Å²) in [7, 11) is 1.80. The predicted octanol–water partition coefficient (Wildman–Crippen LogP) is 4.45. The monoisotopic (exact) mass is 379 g/mol. The predicted molar refractivity (Wildman–Crippen MR) is 93.4 cm³/mol. The van der Waals surface area contributed by atoms with Crippen molar-refractivity contribution in [2.24, 2.45) is 0 Å². The largest absolute Gasteiger partial charge is 0.323 e. The van der Waals surface area contributed by atoms with Crippen molar-refractivity contribution in [2.45, 2.75) is 32.2 Å². The number of nitrogens with one attached hydrogen (secondary N) is 1. The van der Waals surface area contributed by atoms with E-state index in [4.69, 9.17) is 0 Å². The third-order valence-electron chi connectivity index (χ3n) is 3.74. The lowest BCUT2D eigenvalue weighted by atomic mass is 10.0. The first kappa shape index (κ1) is 15.5. The molecule has 0 saturated heterocycles. The standard InChI is InChI=1S/C16H18BrN3OS/c1-20(10-11-6-8-12(17)9-7-11)16(21)19-15-18-13-4-2-3-5-14(13)22-15/h6-9H,2-5,10H2,1H3,(H,18,19,21). The number of rotatable bonds is 3. The van der Waals surface area contributed by atoms with E-state index in [2.05, 4.69) is 26.2 Å². The molecule has 22 heavy (non-hydrogen) atoms. The Kier molecular flexibility index (Phi) is 4.78. The van der Waals surface area contributed by atoms with E-state index in [0.29, 0.717) is 6.54 Å². The average molecular weight is 380 g/mol. The van der Waals surface area contributed by atoms with Crippen LogP contribution in [-0.4, -0.2) is 23.0 Å². The Bertz CT molecular complexity index is 645. The minimum absolute atomic E-state index is 0.117. The first-order valence-corrected chi connectivity index (χ1v) is 8.98. The minimum atomic E-state index is -0.117. The molecule has 1 aromatic heterocycles. The summed E-state index contributed by atoms with van der Waals surface area (Å²) in [5, 5.41) is 3.64. The van der Waals surface area contributed by atoms with Crippen LogP contribution in [0.15, 0.2) is 28.7 Å². The second kappa shape index (κ2) is 6.79. The maximum Gasteiger partial charge on any atom is 0.323 e.